The molecule has 0 aromatic rings. The van der Waals surface area contributed by atoms with Gasteiger partial charge in [0.1, 0.15) is 0 Å². The molecule has 0 amide bonds. The van der Waals surface area contributed by atoms with Crippen LogP contribution in [-0.4, -0.2) is 11.7 Å². The predicted octanol–water partition coefficient (Wildman–Crippen LogP) is 4.05. The zero-order valence-electron chi connectivity index (χ0n) is 5.47. The van der Waals surface area contributed by atoms with Crippen LogP contribution >= 0.6 is 55.4 Å². The van der Waals surface area contributed by atoms with Gasteiger partial charge >= 0.3 is 5.52 Å². The third kappa shape index (κ3) is 2.74. The summed E-state index contributed by atoms with van der Waals surface area (Å²) in [5, 5.41) is 0. The molecule has 0 aromatic carbocycles. The summed E-state index contributed by atoms with van der Waals surface area (Å²) < 4.78 is 0. The van der Waals surface area contributed by atoms with Crippen LogP contribution in [0.1, 0.15) is 13.8 Å². The second-order valence-corrected chi connectivity index (χ2v) is 26.0. The zero-order chi connectivity index (χ0) is 8.58. The van der Waals surface area contributed by atoms with Crippen molar-refractivity contribution in [3.63, 3.8) is 0 Å². The van der Waals surface area contributed by atoms with Crippen LogP contribution in [-0.2, 0) is 0 Å². The Morgan fingerprint density at radius 1 is 0.900 bits per heavy atom. The summed E-state index contributed by atoms with van der Waals surface area (Å²) in [5.41, 5.74) is -2.77. The van der Waals surface area contributed by atoms with Crippen LogP contribution in [0.3, 0.4) is 0 Å². The summed E-state index contributed by atoms with van der Waals surface area (Å²) in [4.78, 5) is 0. The van der Waals surface area contributed by atoms with E-state index in [4.69, 9.17) is 55.4 Å². The van der Waals surface area contributed by atoms with Gasteiger partial charge in [0.25, 0.3) is 6.21 Å². The van der Waals surface area contributed by atoms with Crippen molar-refractivity contribution in [3.8, 4) is 0 Å². The van der Waals surface area contributed by atoms with E-state index in [0.29, 0.717) is 0 Å². The molecule has 0 fully saturated rings. The first kappa shape index (κ1) is 11.9. The Labute approximate surface area is 86.1 Å². The summed E-state index contributed by atoms with van der Waals surface area (Å²) >= 11 is 28.9. The van der Waals surface area contributed by atoms with Crippen molar-refractivity contribution < 1.29 is 0 Å². The highest BCUT2D eigenvalue weighted by molar-refractivity contribution is 8.02. The van der Waals surface area contributed by atoms with Gasteiger partial charge in [0, 0.05) is 0 Å². The average Bonchev–Trinajstić information content (AvgIpc) is 1.62. The number of hydrogen-bond acceptors (Lipinski definition) is 0. The van der Waals surface area contributed by atoms with E-state index >= 15 is 0 Å². The molecule has 0 aliphatic heterocycles. The standard InChI is InChI=1S/C3H7Cl5Si2/c1-3(2)9(4,5)10(6,7)8/h3H,1-2H3. The van der Waals surface area contributed by atoms with Crippen molar-refractivity contribution in [2.45, 2.75) is 19.4 Å². The van der Waals surface area contributed by atoms with E-state index < -0.39 is 11.7 Å². The van der Waals surface area contributed by atoms with Crippen molar-refractivity contribution in [2.24, 2.45) is 0 Å². The minimum atomic E-state index is -2.86. The van der Waals surface area contributed by atoms with Crippen molar-refractivity contribution in [2.75, 3.05) is 0 Å². The van der Waals surface area contributed by atoms with Gasteiger partial charge in [0.15, 0.2) is 0 Å². The Morgan fingerprint density at radius 3 is 1.20 bits per heavy atom. The van der Waals surface area contributed by atoms with Gasteiger partial charge < -0.3 is 0 Å². The Balaban J connectivity index is 4.40. The quantitative estimate of drug-likeness (QED) is 0.527. The second-order valence-electron chi connectivity index (χ2n) is 2.28. The highest BCUT2D eigenvalue weighted by Crippen LogP contribution is 2.44. The highest BCUT2D eigenvalue weighted by Gasteiger charge is 2.54. The van der Waals surface area contributed by atoms with E-state index in [1.165, 1.54) is 0 Å². The van der Waals surface area contributed by atoms with E-state index in [1.54, 1.807) is 0 Å². The topological polar surface area (TPSA) is 0 Å². The van der Waals surface area contributed by atoms with E-state index in [-0.39, 0.29) is 5.54 Å². The molecule has 0 heterocycles. The molecule has 0 N–H and O–H groups in total. The number of halogens is 5. The predicted molar refractivity (Wildman–Crippen MR) is 55.9 cm³/mol. The van der Waals surface area contributed by atoms with Gasteiger partial charge in [-0.3, -0.25) is 0 Å². The summed E-state index contributed by atoms with van der Waals surface area (Å²) in [6, 6.07) is 0. The smallest absolute Gasteiger partial charge is 0.145 e. The summed E-state index contributed by atoms with van der Waals surface area (Å²) in [5.74, 6) is 0. The van der Waals surface area contributed by atoms with Crippen LogP contribution in [0.25, 0.3) is 0 Å². The van der Waals surface area contributed by atoms with Gasteiger partial charge in [0.2, 0.25) is 0 Å². The number of rotatable bonds is 2. The maximum absolute atomic E-state index is 5.92. The molecule has 0 aromatic heterocycles. The van der Waals surface area contributed by atoms with Gasteiger partial charge in [-0.2, -0.15) is 0 Å². The maximum atomic E-state index is 5.92. The van der Waals surface area contributed by atoms with E-state index in [1.807, 2.05) is 13.8 Å². The lowest BCUT2D eigenvalue weighted by atomic mass is 10.6. The van der Waals surface area contributed by atoms with Gasteiger partial charge in [0.05, 0.1) is 0 Å². The Kier molecular flexibility index (Phi) is 4.43. The summed E-state index contributed by atoms with van der Waals surface area (Å²) in [6.45, 7) is 3.75. The Bertz CT molecular complexity index is 117. The minimum absolute atomic E-state index is 0.0926. The molecule has 0 bridgehead atoms. The van der Waals surface area contributed by atoms with Gasteiger partial charge in [-0.25, -0.2) is 0 Å². The lowest BCUT2D eigenvalue weighted by Crippen LogP contribution is -2.45. The lowest BCUT2D eigenvalue weighted by molar-refractivity contribution is 1.06. The van der Waals surface area contributed by atoms with Crippen LogP contribution in [0.15, 0.2) is 0 Å². The molecular formula is C3H7Cl5Si2. The fraction of sp³-hybridized carbons (Fsp3) is 1.00. The van der Waals surface area contributed by atoms with Crippen LogP contribution < -0.4 is 0 Å². The van der Waals surface area contributed by atoms with Gasteiger partial charge in [-0.05, 0) is 5.54 Å². The monoisotopic (exact) mass is 274 g/mol. The SMILES string of the molecule is CC(C)[Si](Cl)(Cl)[Si](Cl)(Cl)Cl. The van der Waals surface area contributed by atoms with Gasteiger partial charge in [-0.1, -0.05) is 13.8 Å². The normalized spacial score (nSPS) is 14.4. The molecule has 0 saturated heterocycles. The third-order valence-electron chi connectivity index (χ3n) is 1.10. The maximum Gasteiger partial charge on any atom is 0.358 e. The molecule has 0 aliphatic carbocycles. The molecular weight excluding hydrogens is 269 g/mol. The Hall–Kier alpha value is 1.88. The molecule has 0 atom stereocenters. The summed E-state index contributed by atoms with van der Waals surface area (Å²) in [7, 11) is 0. The molecule has 0 nitrogen and oxygen atoms in total. The van der Waals surface area contributed by atoms with Crippen LogP contribution in [0.4, 0.5) is 0 Å². The zero-order valence-corrected chi connectivity index (χ0v) is 11.2. The second kappa shape index (κ2) is 3.73. The van der Waals surface area contributed by atoms with Crippen LogP contribution in [0, 0.1) is 0 Å². The van der Waals surface area contributed by atoms with Crippen molar-refractivity contribution in [1.82, 2.24) is 0 Å². The molecule has 0 rings (SSSR count). The molecule has 0 radical (unpaired) electrons. The molecule has 7 heteroatoms. The lowest BCUT2D eigenvalue weighted by Gasteiger charge is -2.25. The summed E-state index contributed by atoms with van der Waals surface area (Å²) in [6.07, 6.45) is -2.60. The molecule has 0 spiro atoms. The highest BCUT2D eigenvalue weighted by atomic mass is 35.9. The molecule has 0 aliphatic rings. The first-order valence-electron chi connectivity index (χ1n) is 2.64. The van der Waals surface area contributed by atoms with Crippen molar-refractivity contribution in [1.29, 1.82) is 0 Å². The average molecular weight is 277 g/mol. The van der Waals surface area contributed by atoms with Gasteiger partial charge in [-0.15, -0.1) is 55.4 Å². The van der Waals surface area contributed by atoms with Crippen molar-refractivity contribution >= 4 is 67.1 Å². The number of hydrogen-bond donors (Lipinski definition) is 0. The molecule has 62 valence electrons. The van der Waals surface area contributed by atoms with E-state index in [2.05, 4.69) is 0 Å². The largest absolute Gasteiger partial charge is 0.358 e. The first-order valence-corrected chi connectivity index (χ1v) is 12.8. The fourth-order valence-electron chi connectivity index (χ4n) is 0.327. The first-order chi connectivity index (χ1) is 4.19. The van der Waals surface area contributed by atoms with Crippen molar-refractivity contribution in [3.05, 3.63) is 0 Å². The van der Waals surface area contributed by atoms with E-state index in [9.17, 15) is 0 Å². The molecule has 0 saturated carbocycles. The third-order valence-corrected chi connectivity index (χ3v) is 28.3. The fourth-order valence-corrected chi connectivity index (χ4v) is 8.84. The molecule has 10 heavy (non-hydrogen) atoms. The van der Waals surface area contributed by atoms with E-state index in [0.717, 1.165) is 0 Å². The van der Waals surface area contributed by atoms with Crippen LogP contribution in [0.2, 0.25) is 5.54 Å². The van der Waals surface area contributed by atoms with Crippen LogP contribution in [0.5, 0.6) is 0 Å². The minimum Gasteiger partial charge on any atom is -0.145 e. The Morgan fingerprint density at radius 2 is 1.20 bits per heavy atom. The molecule has 0 unspecified atom stereocenters.